The van der Waals surface area contributed by atoms with Gasteiger partial charge >= 0.3 is 0 Å². The van der Waals surface area contributed by atoms with Gasteiger partial charge in [-0.2, -0.15) is 0 Å². The molecule has 0 bridgehead atoms. The summed E-state index contributed by atoms with van der Waals surface area (Å²) in [6.45, 7) is 3.32. The molecule has 0 spiro atoms. The molecule has 0 aliphatic heterocycles. The summed E-state index contributed by atoms with van der Waals surface area (Å²) in [7, 11) is 0. The number of carbonyl (C=O) groups excluding carboxylic acids is 2. The minimum absolute atomic E-state index is 0.107. The largest absolute Gasteiger partial charge is 0.507 e. The van der Waals surface area contributed by atoms with Gasteiger partial charge in [0.05, 0.1) is 5.56 Å². The first-order chi connectivity index (χ1) is 9.47. The van der Waals surface area contributed by atoms with E-state index in [4.69, 9.17) is 0 Å². The summed E-state index contributed by atoms with van der Waals surface area (Å²) in [5.41, 5.74) is 2.19. The Hall–Kier alpha value is -2.62. The van der Waals surface area contributed by atoms with Crippen molar-refractivity contribution in [2.75, 3.05) is 5.32 Å². The van der Waals surface area contributed by atoms with E-state index < -0.39 is 0 Å². The number of aromatic hydroxyl groups is 1. The molecule has 0 aromatic heterocycles. The summed E-state index contributed by atoms with van der Waals surface area (Å²) < 4.78 is 0. The number of phenolic OH excluding ortho intramolecular Hbond substituents is 1. The average molecular weight is 269 g/mol. The maximum absolute atomic E-state index is 12.3. The maximum Gasteiger partial charge on any atom is 0.221 e. The topological polar surface area (TPSA) is 66.4 Å². The van der Waals surface area contributed by atoms with E-state index in [-0.39, 0.29) is 23.0 Å². The number of ketones is 1. The van der Waals surface area contributed by atoms with Gasteiger partial charge in [0.25, 0.3) is 0 Å². The second-order valence-electron chi connectivity index (χ2n) is 4.61. The molecule has 102 valence electrons. The van der Waals surface area contributed by atoms with Crippen molar-refractivity contribution in [2.24, 2.45) is 0 Å². The van der Waals surface area contributed by atoms with Crippen LogP contribution >= 0.6 is 0 Å². The summed E-state index contributed by atoms with van der Waals surface area (Å²) in [5, 5.41) is 12.4. The van der Waals surface area contributed by atoms with E-state index in [0.717, 1.165) is 5.56 Å². The number of phenols is 1. The molecule has 20 heavy (non-hydrogen) atoms. The fraction of sp³-hybridized carbons (Fsp3) is 0.125. The zero-order valence-corrected chi connectivity index (χ0v) is 11.3. The molecule has 0 aliphatic carbocycles. The van der Waals surface area contributed by atoms with Gasteiger partial charge in [0, 0.05) is 18.2 Å². The molecule has 2 aromatic carbocycles. The average Bonchev–Trinajstić information content (AvgIpc) is 2.40. The van der Waals surface area contributed by atoms with Crippen LogP contribution < -0.4 is 5.32 Å². The van der Waals surface area contributed by atoms with Crippen molar-refractivity contribution in [1.29, 1.82) is 0 Å². The van der Waals surface area contributed by atoms with Gasteiger partial charge in [0.15, 0.2) is 5.78 Å². The van der Waals surface area contributed by atoms with E-state index in [1.54, 1.807) is 18.2 Å². The quantitative estimate of drug-likeness (QED) is 0.665. The number of hydrogen-bond acceptors (Lipinski definition) is 3. The third-order valence-electron chi connectivity index (χ3n) is 2.88. The number of benzene rings is 2. The first-order valence-electron chi connectivity index (χ1n) is 6.19. The molecule has 1 amide bonds. The van der Waals surface area contributed by atoms with Gasteiger partial charge in [-0.1, -0.05) is 29.8 Å². The summed E-state index contributed by atoms with van der Waals surface area (Å²) in [5.74, 6) is -0.621. The van der Waals surface area contributed by atoms with Gasteiger partial charge in [-0.05, 0) is 25.1 Å². The predicted molar refractivity (Wildman–Crippen MR) is 77.0 cm³/mol. The molecule has 0 aliphatic rings. The second kappa shape index (κ2) is 5.57. The molecular weight excluding hydrogens is 254 g/mol. The molecule has 0 saturated heterocycles. The molecule has 4 nitrogen and oxygen atoms in total. The Balaban J connectivity index is 2.38. The number of nitrogens with one attached hydrogen (secondary N) is 1. The maximum atomic E-state index is 12.3. The lowest BCUT2D eigenvalue weighted by molar-refractivity contribution is -0.114. The molecule has 4 heteroatoms. The molecular formula is C16H15NO3. The van der Waals surface area contributed by atoms with E-state index in [1.807, 2.05) is 19.1 Å². The fourth-order valence-electron chi connectivity index (χ4n) is 1.86. The number of hydrogen-bond donors (Lipinski definition) is 2. The van der Waals surface area contributed by atoms with Gasteiger partial charge in [-0.25, -0.2) is 0 Å². The molecule has 0 atom stereocenters. The fourth-order valence-corrected chi connectivity index (χ4v) is 1.86. The van der Waals surface area contributed by atoms with Crippen LogP contribution in [0.3, 0.4) is 0 Å². The van der Waals surface area contributed by atoms with Gasteiger partial charge in [0.2, 0.25) is 5.91 Å². The van der Waals surface area contributed by atoms with Crippen LogP contribution in [0.25, 0.3) is 0 Å². The van der Waals surface area contributed by atoms with Crippen LogP contribution in [0.15, 0.2) is 42.5 Å². The van der Waals surface area contributed by atoms with Crippen LogP contribution in [0.4, 0.5) is 5.69 Å². The monoisotopic (exact) mass is 269 g/mol. The minimum Gasteiger partial charge on any atom is -0.507 e. The smallest absolute Gasteiger partial charge is 0.221 e. The molecule has 2 N–H and O–H groups in total. The van der Waals surface area contributed by atoms with Crippen LogP contribution in [0.1, 0.15) is 28.4 Å². The third-order valence-corrected chi connectivity index (χ3v) is 2.88. The molecule has 0 radical (unpaired) electrons. The number of carbonyl (C=O) groups is 2. The summed E-state index contributed by atoms with van der Waals surface area (Å²) >= 11 is 0. The van der Waals surface area contributed by atoms with Crippen LogP contribution in [0, 0.1) is 6.92 Å². The van der Waals surface area contributed by atoms with Crippen molar-refractivity contribution in [3.8, 4) is 5.75 Å². The van der Waals surface area contributed by atoms with Crippen molar-refractivity contribution in [3.63, 3.8) is 0 Å². The van der Waals surface area contributed by atoms with Crippen LogP contribution in [0.2, 0.25) is 0 Å². The highest BCUT2D eigenvalue weighted by atomic mass is 16.3. The van der Waals surface area contributed by atoms with Crippen LogP contribution in [0.5, 0.6) is 5.75 Å². The summed E-state index contributed by atoms with van der Waals surface area (Å²) in [4.78, 5) is 23.4. The first kappa shape index (κ1) is 13.8. The minimum atomic E-state index is -0.283. The molecule has 0 saturated carbocycles. The Labute approximate surface area is 117 Å². The highest BCUT2D eigenvalue weighted by molar-refractivity contribution is 6.11. The Morgan fingerprint density at radius 1 is 1.05 bits per heavy atom. The Morgan fingerprint density at radius 3 is 2.30 bits per heavy atom. The number of rotatable bonds is 3. The lowest BCUT2D eigenvalue weighted by Gasteiger charge is -2.08. The van der Waals surface area contributed by atoms with Crippen molar-refractivity contribution in [1.82, 2.24) is 0 Å². The number of amides is 1. The number of anilines is 1. The molecule has 0 heterocycles. The van der Waals surface area contributed by atoms with E-state index >= 15 is 0 Å². The van der Waals surface area contributed by atoms with E-state index in [2.05, 4.69) is 5.32 Å². The van der Waals surface area contributed by atoms with Crippen LogP contribution in [-0.2, 0) is 4.79 Å². The van der Waals surface area contributed by atoms with Crippen LogP contribution in [-0.4, -0.2) is 16.8 Å². The van der Waals surface area contributed by atoms with Crippen molar-refractivity contribution < 1.29 is 14.7 Å². The third kappa shape index (κ3) is 3.03. The molecule has 2 rings (SSSR count). The molecule has 0 unspecified atom stereocenters. The number of aryl methyl sites for hydroxylation is 1. The van der Waals surface area contributed by atoms with E-state index in [1.165, 1.54) is 19.1 Å². The van der Waals surface area contributed by atoms with Crippen molar-refractivity contribution in [3.05, 3.63) is 59.2 Å². The zero-order valence-electron chi connectivity index (χ0n) is 11.3. The van der Waals surface area contributed by atoms with Gasteiger partial charge < -0.3 is 10.4 Å². The first-order valence-corrected chi connectivity index (χ1v) is 6.19. The zero-order chi connectivity index (χ0) is 14.7. The SMILES string of the molecule is CC(=O)Nc1ccc(O)c(C(=O)c2ccc(C)cc2)c1. The highest BCUT2D eigenvalue weighted by Gasteiger charge is 2.14. The van der Waals surface area contributed by atoms with Crippen molar-refractivity contribution >= 4 is 17.4 Å². The normalized spacial score (nSPS) is 10.1. The van der Waals surface area contributed by atoms with E-state index in [9.17, 15) is 14.7 Å². The Bertz CT molecular complexity index is 660. The standard InChI is InChI=1S/C16H15NO3/c1-10-3-5-12(6-4-10)16(20)14-9-13(17-11(2)18)7-8-15(14)19/h3-9,19H,1-2H3,(H,17,18). The molecule has 2 aromatic rings. The highest BCUT2D eigenvalue weighted by Crippen LogP contribution is 2.24. The van der Waals surface area contributed by atoms with Gasteiger partial charge in [-0.3, -0.25) is 9.59 Å². The molecule has 0 fully saturated rings. The lowest BCUT2D eigenvalue weighted by Crippen LogP contribution is -2.08. The van der Waals surface area contributed by atoms with Gasteiger partial charge in [0.1, 0.15) is 5.75 Å². The summed E-state index contributed by atoms with van der Waals surface area (Å²) in [6, 6.07) is 11.5. The summed E-state index contributed by atoms with van der Waals surface area (Å²) in [6.07, 6.45) is 0. The second-order valence-corrected chi connectivity index (χ2v) is 4.61. The van der Waals surface area contributed by atoms with Gasteiger partial charge in [-0.15, -0.1) is 0 Å². The lowest BCUT2D eigenvalue weighted by atomic mass is 10.0. The van der Waals surface area contributed by atoms with E-state index in [0.29, 0.717) is 11.3 Å². The predicted octanol–water partition coefficient (Wildman–Crippen LogP) is 2.89. The van der Waals surface area contributed by atoms with Crippen molar-refractivity contribution in [2.45, 2.75) is 13.8 Å². The Morgan fingerprint density at radius 2 is 1.70 bits per heavy atom. The Kier molecular flexibility index (Phi) is 3.84.